The van der Waals surface area contributed by atoms with Crippen molar-refractivity contribution >= 4 is 17.7 Å². The number of halogens is 1. The van der Waals surface area contributed by atoms with E-state index in [4.69, 9.17) is 4.42 Å². The molecule has 19 heavy (non-hydrogen) atoms. The quantitative estimate of drug-likeness (QED) is 0.853. The molecule has 100 valence electrons. The van der Waals surface area contributed by atoms with Crippen molar-refractivity contribution in [3.8, 4) is 0 Å². The Kier molecular flexibility index (Phi) is 4.63. The van der Waals surface area contributed by atoms with E-state index in [1.54, 1.807) is 36.6 Å². The summed E-state index contributed by atoms with van der Waals surface area (Å²) in [6.45, 7) is 1.84. The minimum absolute atomic E-state index is 0.155. The molecule has 1 aromatic heterocycles. The molecule has 0 saturated carbocycles. The molecule has 0 radical (unpaired) electrons. The molecule has 1 atom stereocenters. The molecule has 0 unspecified atom stereocenters. The molecule has 3 nitrogen and oxygen atoms in total. The van der Waals surface area contributed by atoms with Gasteiger partial charge in [-0.3, -0.25) is 4.79 Å². The van der Waals surface area contributed by atoms with Gasteiger partial charge in [-0.1, -0.05) is 12.1 Å². The number of hydrogen-bond donors (Lipinski definition) is 1. The Bertz CT molecular complexity index is 542. The molecule has 1 amide bonds. The van der Waals surface area contributed by atoms with Crippen LogP contribution in [0, 0.1) is 5.82 Å². The molecular formula is C14H14FNO2S. The molecule has 0 aliphatic heterocycles. The molecule has 1 heterocycles. The SMILES string of the molecule is C[C@H](NC(=O)CSc1ccccc1F)c1ccco1. The smallest absolute Gasteiger partial charge is 0.230 e. The first-order chi connectivity index (χ1) is 9.16. The van der Waals surface area contributed by atoms with E-state index in [2.05, 4.69) is 5.32 Å². The van der Waals surface area contributed by atoms with Crippen LogP contribution in [-0.2, 0) is 4.79 Å². The van der Waals surface area contributed by atoms with Crippen molar-refractivity contribution < 1.29 is 13.6 Å². The molecule has 0 fully saturated rings. The topological polar surface area (TPSA) is 42.2 Å². The molecule has 0 aliphatic carbocycles. The van der Waals surface area contributed by atoms with Gasteiger partial charge < -0.3 is 9.73 Å². The first-order valence-electron chi connectivity index (χ1n) is 5.87. The summed E-state index contributed by atoms with van der Waals surface area (Å²) in [7, 11) is 0. The van der Waals surface area contributed by atoms with E-state index in [9.17, 15) is 9.18 Å². The van der Waals surface area contributed by atoms with E-state index in [1.807, 2.05) is 6.92 Å². The highest BCUT2D eigenvalue weighted by Gasteiger charge is 2.12. The maximum Gasteiger partial charge on any atom is 0.230 e. The second kappa shape index (κ2) is 6.43. The highest BCUT2D eigenvalue weighted by molar-refractivity contribution is 8.00. The standard InChI is InChI=1S/C14H14FNO2S/c1-10(12-6-4-8-18-12)16-14(17)9-19-13-7-3-2-5-11(13)15/h2-8,10H,9H2,1H3,(H,16,17)/t10-/m0/s1. The van der Waals surface area contributed by atoms with Gasteiger partial charge in [0.15, 0.2) is 0 Å². The zero-order chi connectivity index (χ0) is 13.7. The first kappa shape index (κ1) is 13.7. The Morgan fingerprint density at radius 1 is 1.37 bits per heavy atom. The van der Waals surface area contributed by atoms with E-state index in [-0.39, 0.29) is 23.5 Å². The van der Waals surface area contributed by atoms with E-state index < -0.39 is 0 Å². The second-order valence-electron chi connectivity index (χ2n) is 4.02. The third kappa shape index (κ3) is 3.86. The molecule has 5 heteroatoms. The minimum atomic E-state index is -0.306. The van der Waals surface area contributed by atoms with Crippen molar-refractivity contribution in [3.05, 3.63) is 54.2 Å². The van der Waals surface area contributed by atoms with Gasteiger partial charge in [0.2, 0.25) is 5.91 Å². The summed E-state index contributed by atoms with van der Waals surface area (Å²) in [5.41, 5.74) is 0. The predicted molar refractivity (Wildman–Crippen MR) is 72.4 cm³/mol. The number of amides is 1. The number of nitrogens with one attached hydrogen (secondary N) is 1. The van der Waals surface area contributed by atoms with E-state index in [0.29, 0.717) is 10.7 Å². The number of carbonyl (C=O) groups is 1. The summed E-state index contributed by atoms with van der Waals surface area (Å²) in [5, 5.41) is 2.80. The van der Waals surface area contributed by atoms with Crippen molar-refractivity contribution in [1.29, 1.82) is 0 Å². The minimum Gasteiger partial charge on any atom is -0.467 e. The molecule has 2 aromatic rings. The van der Waals surface area contributed by atoms with Crippen LogP contribution in [0.2, 0.25) is 0 Å². The van der Waals surface area contributed by atoms with Crippen LogP contribution in [-0.4, -0.2) is 11.7 Å². The van der Waals surface area contributed by atoms with Crippen molar-refractivity contribution in [2.75, 3.05) is 5.75 Å². The maximum absolute atomic E-state index is 13.4. The largest absolute Gasteiger partial charge is 0.467 e. The van der Waals surface area contributed by atoms with Crippen LogP contribution in [0.25, 0.3) is 0 Å². The zero-order valence-corrected chi connectivity index (χ0v) is 11.2. The summed E-state index contributed by atoms with van der Waals surface area (Å²) in [6.07, 6.45) is 1.56. The Balaban J connectivity index is 1.84. The average Bonchev–Trinajstić information content (AvgIpc) is 2.91. The van der Waals surface area contributed by atoms with Gasteiger partial charge in [-0.05, 0) is 31.2 Å². The number of thioether (sulfide) groups is 1. The third-order valence-electron chi connectivity index (χ3n) is 2.54. The van der Waals surface area contributed by atoms with Gasteiger partial charge in [-0.25, -0.2) is 4.39 Å². The molecule has 0 aliphatic rings. The zero-order valence-electron chi connectivity index (χ0n) is 10.4. The van der Waals surface area contributed by atoms with Crippen molar-refractivity contribution in [3.63, 3.8) is 0 Å². The number of furan rings is 1. The number of hydrogen-bond acceptors (Lipinski definition) is 3. The van der Waals surface area contributed by atoms with Gasteiger partial charge in [0.1, 0.15) is 11.6 Å². The fourth-order valence-electron chi connectivity index (χ4n) is 1.60. The first-order valence-corrected chi connectivity index (χ1v) is 6.85. The molecule has 1 aromatic carbocycles. The van der Waals surface area contributed by atoms with Crippen molar-refractivity contribution in [1.82, 2.24) is 5.32 Å². The Hall–Kier alpha value is -1.75. The molecule has 0 saturated heterocycles. The Morgan fingerprint density at radius 3 is 2.84 bits per heavy atom. The Morgan fingerprint density at radius 2 is 2.16 bits per heavy atom. The van der Waals surface area contributed by atoms with Crippen molar-refractivity contribution in [2.45, 2.75) is 17.9 Å². The monoisotopic (exact) mass is 279 g/mol. The molecule has 0 bridgehead atoms. The maximum atomic E-state index is 13.4. The summed E-state index contributed by atoms with van der Waals surface area (Å²) in [6, 6.07) is 9.78. The van der Waals surface area contributed by atoms with Gasteiger partial charge in [-0.2, -0.15) is 0 Å². The highest BCUT2D eigenvalue weighted by atomic mass is 32.2. The van der Waals surface area contributed by atoms with Crippen LogP contribution < -0.4 is 5.32 Å². The fraction of sp³-hybridized carbons (Fsp3) is 0.214. The van der Waals surface area contributed by atoms with Crippen LogP contribution in [0.4, 0.5) is 4.39 Å². The molecule has 0 spiro atoms. The average molecular weight is 279 g/mol. The van der Waals surface area contributed by atoms with Gasteiger partial charge >= 0.3 is 0 Å². The summed E-state index contributed by atoms with van der Waals surface area (Å²) in [4.78, 5) is 12.2. The lowest BCUT2D eigenvalue weighted by Crippen LogP contribution is -2.27. The van der Waals surface area contributed by atoms with Gasteiger partial charge in [0, 0.05) is 4.90 Å². The van der Waals surface area contributed by atoms with Crippen LogP contribution in [0.1, 0.15) is 18.7 Å². The van der Waals surface area contributed by atoms with Crippen LogP contribution >= 0.6 is 11.8 Å². The van der Waals surface area contributed by atoms with Gasteiger partial charge in [0.25, 0.3) is 0 Å². The molecule has 1 N–H and O–H groups in total. The lowest BCUT2D eigenvalue weighted by Gasteiger charge is -2.11. The normalized spacial score (nSPS) is 12.1. The lowest BCUT2D eigenvalue weighted by atomic mass is 10.2. The van der Waals surface area contributed by atoms with Gasteiger partial charge in [-0.15, -0.1) is 11.8 Å². The molecular weight excluding hydrogens is 265 g/mol. The lowest BCUT2D eigenvalue weighted by molar-refractivity contribution is -0.119. The summed E-state index contributed by atoms with van der Waals surface area (Å²) < 4.78 is 18.6. The van der Waals surface area contributed by atoms with Crippen LogP contribution in [0.3, 0.4) is 0 Å². The van der Waals surface area contributed by atoms with Gasteiger partial charge in [0.05, 0.1) is 18.1 Å². The van der Waals surface area contributed by atoms with Crippen molar-refractivity contribution in [2.24, 2.45) is 0 Å². The third-order valence-corrected chi connectivity index (χ3v) is 3.59. The second-order valence-corrected chi connectivity index (χ2v) is 5.04. The fourth-order valence-corrected chi connectivity index (χ4v) is 2.35. The van der Waals surface area contributed by atoms with Crippen LogP contribution in [0.15, 0.2) is 52.0 Å². The summed E-state index contributed by atoms with van der Waals surface area (Å²) in [5.74, 6) is 0.409. The van der Waals surface area contributed by atoms with E-state index in [1.165, 1.54) is 17.8 Å². The Labute approximate surface area is 115 Å². The van der Waals surface area contributed by atoms with E-state index in [0.717, 1.165) is 0 Å². The number of rotatable bonds is 5. The number of carbonyl (C=O) groups excluding carboxylic acids is 1. The number of benzene rings is 1. The summed E-state index contributed by atoms with van der Waals surface area (Å²) >= 11 is 1.18. The highest BCUT2D eigenvalue weighted by Crippen LogP contribution is 2.21. The molecule has 2 rings (SSSR count). The van der Waals surface area contributed by atoms with Crippen LogP contribution in [0.5, 0.6) is 0 Å². The predicted octanol–water partition coefficient (Wildman–Crippen LogP) is 3.39. The van der Waals surface area contributed by atoms with E-state index >= 15 is 0 Å².